The van der Waals surface area contributed by atoms with E-state index in [1.807, 2.05) is 0 Å². The molecule has 1 aromatic rings. The molecule has 2 rings (SSSR count). The first-order chi connectivity index (χ1) is 13.9. The molecule has 1 fully saturated rings. The number of halogens is 3. The minimum atomic E-state index is -1.48. The van der Waals surface area contributed by atoms with Crippen LogP contribution in [0, 0.1) is 35.2 Å². The third-order valence-corrected chi connectivity index (χ3v) is 6.22. The number of carbonyl (C=O) groups excluding carboxylic acids is 1. The molecule has 1 unspecified atom stereocenters. The average Bonchev–Trinajstić information content (AvgIpc) is 2.70. The summed E-state index contributed by atoms with van der Waals surface area (Å²) < 4.78 is 45.3. The quantitative estimate of drug-likeness (QED) is 0.222. The van der Waals surface area contributed by atoms with Crippen LogP contribution in [0.1, 0.15) is 83.6 Å². The van der Waals surface area contributed by atoms with E-state index in [9.17, 15) is 18.0 Å². The van der Waals surface area contributed by atoms with E-state index >= 15 is 0 Å². The number of benzene rings is 1. The summed E-state index contributed by atoms with van der Waals surface area (Å²) in [5.41, 5.74) is 0.286. The molecule has 164 valence electrons. The van der Waals surface area contributed by atoms with E-state index in [0.717, 1.165) is 36.8 Å². The van der Waals surface area contributed by atoms with Crippen molar-refractivity contribution in [2.24, 2.45) is 17.8 Å². The van der Waals surface area contributed by atoms with Crippen molar-refractivity contribution in [1.82, 2.24) is 0 Å². The van der Waals surface area contributed by atoms with E-state index in [1.165, 1.54) is 44.9 Å². The Morgan fingerprint density at radius 1 is 1.00 bits per heavy atom. The lowest BCUT2D eigenvalue weighted by Gasteiger charge is -2.28. The Labute approximate surface area is 173 Å². The summed E-state index contributed by atoms with van der Waals surface area (Å²) >= 11 is 0. The van der Waals surface area contributed by atoms with Crippen LogP contribution in [0.3, 0.4) is 0 Å². The van der Waals surface area contributed by atoms with E-state index in [1.54, 1.807) is 6.92 Å². The lowest BCUT2D eigenvalue weighted by atomic mass is 9.78. The molecular formula is C24H35F3O2. The van der Waals surface area contributed by atoms with Gasteiger partial charge in [-0.1, -0.05) is 64.7 Å². The highest BCUT2D eigenvalue weighted by atomic mass is 19.2. The zero-order chi connectivity index (χ0) is 21.2. The van der Waals surface area contributed by atoms with Gasteiger partial charge in [-0.15, -0.1) is 0 Å². The highest BCUT2D eigenvalue weighted by Gasteiger charge is 2.23. The number of carbonyl (C=O) groups is 1. The second kappa shape index (κ2) is 12.2. The highest BCUT2D eigenvalue weighted by Crippen LogP contribution is 2.34. The van der Waals surface area contributed by atoms with Crippen LogP contribution < -0.4 is 0 Å². The third-order valence-electron chi connectivity index (χ3n) is 6.22. The number of hydrogen-bond acceptors (Lipinski definition) is 2. The number of rotatable bonds is 11. The highest BCUT2D eigenvalue weighted by molar-refractivity contribution is 5.72. The van der Waals surface area contributed by atoms with Gasteiger partial charge in [0.05, 0.1) is 12.5 Å². The van der Waals surface area contributed by atoms with Crippen molar-refractivity contribution >= 4 is 5.97 Å². The van der Waals surface area contributed by atoms with Crippen LogP contribution in [0.25, 0.3) is 0 Å². The summed E-state index contributed by atoms with van der Waals surface area (Å²) in [4.78, 5) is 12.3. The lowest BCUT2D eigenvalue weighted by molar-refractivity contribution is -0.148. The summed E-state index contributed by atoms with van der Waals surface area (Å²) in [5.74, 6) is -3.04. The minimum absolute atomic E-state index is 0.162. The number of ether oxygens (including phenoxy) is 1. The Hall–Kier alpha value is -1.52. The summed E-state index contributed by atoms with van der Waals surface area (Å²) in [6.07, 6.45) is 11.8. The van der Waals surface area contributed by atoms with Gasteiger partial charge in [0.25, 0.3) is 0 Å². The van der Waals surface area contributed by atoms with Gasteiger partial charge in [0.1, 0.15) is 0 Å². The van der Waals surface area contributed by atoms with Crippen molar-refractivity contribution in [3.63, 3.8) is 0 Å². The molecule has 0 saturated heterocycles. The Bertz CT molecular complexity index is 616. The second-order valence-corrected chi connectivity index (χ2v) is 8.49. The van der Waals surface area contributed by atoms with Crippen molar-refractivity contribution in [2.75, 3.05) is 6.61 Å². The molecular weight excluding hydrogens is 377 g/mol. The topological polar surface area (TPSA) is 26.3 Å². The van der Waals surface area contributed by atoms with Gasteiger partial charge in [0.15, 0.2) is 17.5 Å². The SMILES string of the molecule is CCCC1CCC(CCCCC(Cc2cc(F)c(F)c(F)c2)C(=O)OCC)CC1. The first-order valence-electron chi connectivity index (χ1n) is 11.2. The molecule has 5 heteroatoms. The van der Waals surface area contributed by atoms with Crippen LogP contribution in [-0.4, -0.2) is 12.6 Å². The molecule has 0 spiro atoms. The predicted molar refractivity (Wildman–Crippen MR) is 109 cm³/mol. The normalized spacial score (nSPS) is 20.4. The lowest BCUT2D eigenvalue weighted by Crippen LogP contribution is -2.21. The molecule has 0 amide bonds. The van der Waals surface area contributed by atoms with Crippen LogP contribution >= 0.6 is 0 Å². The van der Waals surface area contributed by atoms with Crippen molar-refractivity contribution in [3.05, 3.63) is 35.1 Å². The molecule has 0 heterocycles. The van der Waals surface area contributed by atoms with Crippen molar-refractivity contribution < 1.29 is 22.7 Å². The fourth-order valence-corrected chi connectivity index (χ4v) is 4.61. The molecule has 0 aromatic heterocycles. The van der Waals surface area contributed by atoms with Gasteiger partial charge in [-0.05, 0) is 49.3 Å². The van der Waals surface area contributed by atoms with Crippen LogP contribution in [-0.2, 0) is 16.0 Å². The Balaban J connectivity index is 1.82. The van der Waals surface area contributed by atoms with E-state index in [0.29, 0.717) is 6.42 Å². The van der Waals surface area contributed by atoms with Crippen molar-refractivity contribution in [2.45, 2.75) is 84.5 Å². The number of esters is 1. The Kier molecular flexibility index (Phi) is 10.0. The monoisotopic (exact) mass is 412 g/mol. The molecule has 0 aliphatic heterocycles. The zero-order valence-electron chi connectivity index (χ0n) is 17.8. The summed E-state index contributed by atoms with van der Waals surface area (Å²) in [6, 6.07) is 1.94. The zero-order valence-corrected chi connectivity index (χ0v) is 17.8. The summed E-state index contributed by atoms with van der Waals surface area (Å²) in [5, 5.41) is 0. The van der Waals surface area contributed by atoms with Crippen LogP contribution in [0.5, 0.6) is 0 Å². The number of hydrogen-bond donors (Lipinski definition) is 0. The van der Waals surface area contributed by atoms with Gasteiger partial charge in [-0.25, -0.2) is 13.2 Å². The van der Waals surface area contributed by atoms with E-state index in [4.69, 9.17) is 4.74 Å². The van der Waals surface area contributed by atoms with Crippen molar-refractivity contribution in [3.8, 4) is 0 Å². The maximum atomic E-state index is 13.5. The largest absolute Gasteiger partial charge is 0.466 e. The van der Waals surface area contributed by atoms with Crippen LogP contribution in [0.2, 0.25) is 0 Å². The second-order valence-electron chi connectivity index (χ2n) is 8.49. The molecule has 1 atom stereocenters. The molecule has 0 N–H and O–H groups in total. The van der Waals surface area contributed by atoms with E-state index < -0.39 is 23.4 Å². The van der Waals surface area contributed by atoms with Gasteiger partial charge in [-0.2, -0.15) is 0 Å². The average molecular weight is 413 g/mol. The van der Waals surface area contributed by atoms with Gasteiger partial charge >= 0.3 is 5.97 Å². The first-order valence-corrected chi connectivity index (χ1v) is 11.2. The molecule has 1 aliphatic carbocycles. The standard InChI is InChI=1S/C24H35F3O2/c1-3-7-17-10-12-18(13-11-17)8-5-6-9-20(24(28)29-4-2)14-19-15-21(25)23(27)22(26)16-19/h15-18,20H,3-14H2,1-2H3. The summed E-state index contributed by atoms with van der Waals surface area (Å²) in [7, 11) is 0. The Morgan fingerprint density at radius 3 is 2.14 bits per heavy atom. The van der Waals surface area contributed by atoms with Crippen LogP contribution in [0.15, 0.2) is 12.1 Å². The maximum Gasteiger partial charge on any atom is 0.309 e. The third kappa shape index (κ3) is 7.67. The van der Waals surface area contributed by atoms with E-state index in [2.05, 4.69) is 6.92 Å². The molecule has 29 heavy (non-hydrogen) atoms. The van der Waals surface area contributed by atoms with Gasteiger partial charge in [0.2, 0.25) is 0 Å². The van der Waals surface area contributed by atoms with Gasteiger partial charge < -0.3 is 4.74 Å². The first kappa shape index (κ1) is 23.8. The maximum absolute atomic E-state index is 13.5. The van der Waals surface area contributed by atoms with Crippen molar-refractivity contribution in [1.29, 1.82) is 0 Å². The molecule has 1 aliphatic rings. The van der Waals surface area contributed by atoms with Crippen LogP contribution in [0.4, 0.5) is 13.2 Å². The molecule has 2 nitrogen and oxygen atoms in total. The number of unbranched alkanes of at least 4 members (excludes halogenated alkanes) is 1. The molecule has 1 aromatic carbocycles. The fourth-order valence-electron chi connectivity index (χ4n) is 4.61. The summed E-state index contributed by atoms with van der Waals surface area (Å²) in [6.45, 7) is 4.25. The molecule has 1 saturated carbocycles. The van der Waals surface area contributed by atoms with Gasteiger partial charge in [-0.3, -0.25) is 4.79 Å². The van der Waals surface area contributed by atoms with E-state index in [-0.39, 0.29) is 24.6 Å². The molecule has 0 bridgehead atoms. The minimum Gasteiger partial charge on any atom is -0.466 e. The predicted octanol–water partition coefficient (Wildman–Crippen LogP) is 6.99. The molecule has 0 radical (unpaired) electrons. The fraction of sp³-hybridized carbons (Fsp3) is 0.708. The Morgan fingerprint density at radius 2 is 1.59 bits per heavy atom. The smallest absolute Gasteiger partial charge is 0.309 e. The van der Waals surface area contributed by atoms with Gasteiger partial charge in [0, 0.05) is 0 Å².